The van der Waals surface area contributed by atoms with Gasteiger partial charge < -0.3 is 0 Å². The van der Waals surface area contributed by atoms with Crippen molar-refractivity contribution in [3.8, 4) is 0 Å². The van der Waals surface area contributed by atoms with Crippen LogP contribution in [0.25, 0.3) is 0 Å². The standard InChI is InChI=1S/C16H21F3N2O/c1-11-5-4-6-12(9-11)7-8-13(16(17,18)19)21-10-15(2,3)14(22)20-21/h4-6,9,13H,7-8,10H2,1-3H3,(H,20,22)/t13-/m0/s1. The minimum absolute atomic E-state index is 0.0594. The lowest BCUT2D eigenvalue weighted by Crippen LogP contribution is -2.50. The summed E-state index contributed by atoms with van der Waals surface area (Å²) >= 11 is 0. The summed E-state index contributed by atoms with van der Waals surface area (Å²) in [6.07, 6.45) is -4.14. The summed E-state index contributed by atoms with van der Waals surface area (Å²) in [5, 5.41) is 1.04. The van der Waals surface area contributed by atoms with Gasteiger partial charge in [-0.2, -0.15) is 13.2 Å². The molecule has 1 N–H and O–H groups in total. The van der Waals surface area contributed by atoms with Gasteiger partial charge in [0, 0.05) is 6.54 Å². The number of aryl methyl sites for hydroxylation is 2. The van der Waals surface area contributed by atoms with E-state index >= 15 is 0 Å². The molecular formula is C16H21F3N2O. The van der Waals surface area contributed by atoms with Crippen molar-refractivity contribution in [1.82, 2.24) is 10.4 Å². The monoisotopic (exact) mass is 314 g/mol. The molecule has 0 spiro atoms. The van der Waals surface area contributed by atoms with E-state index < -0.39 is 17.6 Å². The van der Waals surface area contributed by atoms with Gasteiger partial charge in [-0.15, -0.1) is 0 Å². The molecule has 0 aromatic heterocycles. The van der Waals surface area contributed by atoms with Crippen LogP contribution in [0.4, 0.5) is 13.2 Å². The van der Waals surface area contributed by atoms with E-state index in [1.165, 1.54) is 0 Å². The number of rotatable bonds is 4. The van der Waals surface area contributed by atoms with Gasteiger partial charge in [0.2, 0.25) is 5.91 Å². The fraction of sp³-hybridized carbons (Fsp3) is 0.562. The third-order valence-electron chi connectivity index (χ3n) is 3.97. The van der Waals surface area contributed by atoms with Gasteiger partial charge in [0.1, 0.15) is 6.04 Å². The maximum atomic E-state index is 13.3. The van der Waals surface area contributed by atoms with E-state index in [1.54, 1.807) is 13.8 Å². The molecule has 1 aromatic rings. The molecule has 0 saturated carbocycles. The van der Waals surface area contributed by atoms with Gasteiger partial charge >= 0.3 is 6.18 Å². The van der Waals surface area contributed by atoms with E-state index in [-0.39, 0.29) is 18.9 Å². The third kappa shape index (κ3) is 3.80. The Morgan fingerprint density at radius 1 is 1.36 bits per heavy atom. The molecule has 1 atom stereocenters. The lowest BCUT2D eigenvalue weighted by molar-refractivity contribution is -0.190. The van der Waals surface area contributed by atoms with Crippen LogP contribution < -0.4 is 5.43 Å². The van der Waals surface area contributed by atoms with Crippen molar-refractivity contribution < 1.29 is 18.0 Å². The van der Waals surface area contributed by atoms with E-state index in [2.05, 4.69) is 5.43 Å². The van der Waals surface area contributed by atoms with E-state index in [0.29, 0.717) is 6.42 Å². The fourth-order valence-corrected chi connectivity index (χ4v) is 2.67. The number of amides is 1. The summed E-state index contributed by atoms with van der Waals surface area (Å²) in [6.45, 7) is 5.27. The van der Waals surface area contributed by atoms with Crippen LogP contribution in [0.1, 0.15) is 31.4 Å². The summed E-state index contributed by atoms with van der Waals surface area (Å²) in [7, 11) is 0. The number of carbonyl (C=O) groups is 1. The predicted octanol–water partition coefficient (Wildman–Crippen LogP) is 3.23. The van der Waals surface area contributed by atoms with Gasteiger partial charge in [-0.1, -0.05) is 29.8 Å². The second kappa shape index (κ2) is 5.91. The van der Waals surface area contributed by atoms with E-state index in [0.717, 1.165) is 16.1 Å². The molecule has 1 saturated heterocycles. The van der Waals surface area contributed by atoms with E-state index in [9.17, 15) is 18.0 Å². The second-order valence-corrected chi connectivity index (χ2v) is 6.54. The minimum Gasteiger partial charge on any atom is -0.288 e. The Labute approximate surface area is 128 Å². The zero-order valence-corrected chi connectivity index (χ0v) is 13.0. The highest BCUT2D eigenvalue weighted by molar-refractivity contribution is 5.83. The van der Waals surface area contributed by atoms with Crippen LogP contribution in [0.15, 0.2) is 24.3 Å². The molecule has 6 heteroatoms. The molecule has 0 unspecified atom stereocenters. The average Bonchev–Trinajstić information content (AvgIpc) is 2.62. The summed E-state index contributed by atoms with van der Waals surface area (Å²) in [4.78, 5) is 11.7. The van der Waals surface area contributed by atoms with E-state index in [4.69, 9.17) is 0 Å². The first-order chi connectivity index (χ1) is 10.1. The Bertz CT molecular complexity index is 555. The first-order valence-electron chi connectivity index (χ1n) is 7.29. The Balaban J connectivity index is 2.10. The van der Waals surface area contributed by atoms with Crippen LogP contribution in [0.2, 0.25) is 0 Å². The molecule has 1 aliphatic heterocycles. The molecule has 22 heavy (non-hydrogen) atoms. The molecule has 1 heterocycles. The van der Waals surface area contributed by atoms with Crippen LogP contribution in [0.5, 0.6) is 0 Å². The van der Waals surface area contributed by atoms with Gasteiger partial charge in [0.15, 0.2) is 0 Å². The zero-order chi connectivity index (χ0) is 16.5. The number of nitrogens with one attached hydrogen (secondary N) is 1. The van der Waals surface area contributed by atoms with Crippen molar-refractivity contribution >= 4 is 5.91 Å². The van der Waals surface area contributed by atoms with Crippen LogP contribution in [-0.4, -0.2) is 29.7 Å². The normalized spacial score (nSPS) is 20.0. The van der Waals surface area contributed by atoms with Crippen molar-refractivity contribution in [2.75, 3.05) is 6.54 Å². The molecule has 0 radical (unpaired) electrons. The maximum Gasteiger partial charge on any atom is 0.405 e. The van der Waals surface area contributed by atoms with Gasteiger partial charge in [0.05, 0.1) is 5.41 Å². The van der Waals surface area contributed by atoms with Crippen LogP contribution in [0.3, 0.4) is 0 Å². The quantitative estimate of drug-likeness (QED) is 0.925. The van der Waals surface area contributed by atoms with Crippen molar-refractivity contribution in [1.29, 1.82) is 0 Å². The molecule has 1 amide bonds. The first-order valence-corrected chi connectivity index (χ1v) is 7.29. The molecule has 1 aromatic carbocycles. The summed E-state index contributed by atoms with van der Waals surface area (Å²) < 4.78 is 40.0. The van der Waals surface area contributed by atoms with Crippen molar-refractivity contribution in [2.45, 2.75) is 45.8 Å². The highest BCUT2D eigenvalue weighted by Crippen LogP contribution is 2.33. The van der Waals surface area contributed by atoms with Crippen LogP contribution in [0, 0.1) is 12.3 Å². The number of benzene rings is 1. The molecule has 3 nitrogen and oxygen atoms in total. The zero-order valence-electron chi connectivity index (χ0n) is 13.0. The Morgan fingerprint density at radius 2 is 2.05 bits per heavy atom. The molecular weight excluding hydrogens is 293 g/mol. The largest absolute Gasteiger partial charge is 0.405 e. The average molecular weight is 314 g/mol. The van der Waals surface area contributed by atoms with Crippen LogP contribution >= 0.6 is 0 Å². The van der Waals surface area contributed by atoms with Gasteiger partial charge in [0.25, 0.3) is 0 Å². The second-order valence-electron chi connectivity index (χ2n) is 6.54. The molecule has 122 valence electrons. The maximum absolute atomic E-state index is 13.3. The number of hydrogen-bond donors (Lipinski definition) is 1. The smallest absolute Gasteiger partial charge is 0.288 e. The topological polar surface area (TPSA) is 32.3 Å². The number of alkyl halides is 3. The summed E-state index contributed by atoms with van der Waals surface area (Å²) in [5.41, 5.74) is 3.47. The van der Waals surface area contributed by atoms with Crippen molar-refractivity contribution in [3.05, 3.63) is 35.4 Å². The fourth-order valence-electron chi connectivity index (χ4n) is 2.67. The molecule has 1 fully saturated rings. The Kier molecular flexibility index (Phi) is 4.52. The van der Waals surface area contributed by atoms with Gasteiger partial charge in [-0.05, 0) is 39.2 Å². The summed E-state index contributed by atoms with van der Waals surface area (Å²) in [5.74, 6) is -0.364. The van der Waals surface area contributed by atoms with Gasteiger partial charge in [-0.3, -0.25) is 10.2 Å². The molecule has 1 aliphatic rings. The number of nitrogens with zero attached hydrogens (tertiary/aromatic N) is 1. The number of halogens is 3. The molecule has 0 bridgehead atoms. The highest BCUT2D eigenvalue weighted by atomic mass is 19.4. The SMILES string of the molecule is Cc1cccc(CC[C@H](N2CC(C)(C)C(=O)N2)C(F)(F)F)c1. The Hall–Kier alpha value is -1.56. The predicted molar refractivity (Wildman–Crippen MR) is 78.0 cm³/mol. The van der Waals surface area contributed by atoms with Crippen molar-refractivity contribution in [2.24, 2.45) is 5.41 Å². The third-order valence-corrected chi connectivity index (χ3v) is 3.97. The number of carbonyl (C=O) groups excluding carboxylic acids is 1. The first kappa shape index (κ1) is 16.8. The lowest BCUT2D eigenvalue weighted by Gasteiger charge is -2.29. The minimum atomic E-state index is -4.38. The highest BCUT2D eigenvalue weighted by Gasteiger charge is 2.49. The van der Waals surface area contributed by atoms with E-state index in [1.807, 2.05) is 31.2 Å². The Morgan fingerprint density at radius 3 is 2.55 bits per heavy atom. The van der Waals surface area contributed by atoms with Gasteiger partial charge in [-0.25, -0.2) is 5.01 Å². The lowest BCUT2D eigenvalue weighted by atomic mass is 9.94. The number of hydrazine groups is 1. The number of hydrogen-bond acceptors (Lipinski definition) is 2. The summed E-state index contributed by atoms with van der Waals surface area (Å²) in [6, 6.07) is 5.80. The van der Waals surface area contributed by atoms with Crippen LogP contribution in [-0.2, 0) is 11.2 Å². The van der Waals surface area contributed by atoms with Crippen molar-refractivity contribution in [3.63, 3.8) is 0 Å². The molecule has 0 aliphatic carbocycles. The molecule has 2 rings (SSSR count).